The minimum absolute atomic E-state index is 0.179. The van der Waals surface area contributed by atoms with Gasteiger partial charge in [0.05, 0.1) is 6.20 Å². The summed E-state index contributed by atoms with van der Waals surface area (Å²) in [5, 5.41) is 8.91. The Balaban J connectivity index is 2.89. The first-order valence-corrected chi connectivity index (χ1v) is 4.76. The number of hydrogen-bond acceptors (Lipinski definition) is 2. The van der Waals surface area contributed by atoms with Crippen LogP contribution in [-0.4, -0.2) is 20.5 Å². The van der Waals surface area contributed by atoms with Crippen LogP contribution in [0, 0.1) is 6.92 Å². The molecule has 0 saturated heterocycles. The molecule has 0 aliphatic carbocycles. The van der Waals surface area contributed by atoms with E-state index in [9.17, 15) is 4.79 Å². The van der Waals surface area contributed by atoms with Gasteiger partial charge < -0.3 is 5.11 Å². The van der Waals surface area contributed by atoms with Crippen molar-refractivity contribution >= 4 is 27.5 Å². The Bertz CT molecular complexity index is 519. The fraction of sp³-hybridized carbons (Fsp3) is 0.111. The molecule has 0 fully saturated rings. The molecular formula is C9H7BrN2O2. The van der Waals surface area contributed by atoms with Crippen molar-refractivity contribution in [1.82, 2.24) is 9.38 Å². The van der Waals surface area contributed by atoms with Crippen LogP contribution in [0.5, 0.6) is 0 Å². The van der Waals surface area contributed by atoms with Crippen LogP contribution in [0.1, 0.15) is 16.2 Å². The zero-order chi connectivity index (χ0) is 10.3. The first-order chi connectivity index (χ1) is 6.61. The van der Waals surface area contributed by atoms with Crippen molar-refractivity contribution in [2.45, 2.75) is 6.92 Å². The number of halogens is 1. The van der Waals surface area contributed by atoms with Gasteiger partial charge in [-0.25, -0.2) is 9.78 Å². The van der Waals surface area contributed by atoms with E-state index < -0.39 is 5.97 Å². The van der Waals surface area contributed by atoms with Crippen LogP contribution < -0.4 is 0 Å². The monoisotopic (exact) mass is 254 g/mol. The lowest BCUT2D eigenvalue weighted by atomic mass is 10.3. The number of pyridine rings is 1. The van der Waals surface area contributed by atoms with E-state index in [1.165, 1.54) is 6.20 Å². The van der Waals surface area contributed by atoms with Crippen molar-refractivity contribution in [3.05, 3.63) is 34.2 Å². The third-order valence-electron chi connectivity index (χ3n) is 2.07. The number of carbonyl (C=O) groups is 1. The van der Waals surface area contributed by atoms with E-state index in [0.717, 1.165) is 10.2 Å². The van der Waals surface area contributed by atoms with Gasteiger partial charge >= 0.3 is 5.97 Å². The number of fused-ring (bicyclic) bond motifs is 1. The number of rotatable bonds is 1. The van der Waals surface area contributed by atoms with E-state index in [0.29, 0.717) is 5.65 Å². The fourth-order valence-electron chi connectivity index (χ4n) is 1.36. The van der Waals surface area contributed by atoms with Gasteiger partial charge in [-0.1, -0.05) is 0 Å². The second-order valence-corrected chi connectivity index (χ2v) is 3.76. The topological polar surface area (TPSA) is 54.6 Å². The Hall–Kier alpha value is -1.36. The lowest BCUT2D eigenvalue weighted by molar-refractivity contribution is 0.0689. The molecule has 5 heteroatoms. The van der Waals surface area contributed by atoms with Crippen LogP contribution >= 0.6 is 15.9 Å². The van der Waals surface area contributed by atoms with Crippen molar-refractivity contribution in [1.29, 1.82) is 0 Å². The van der Waals surface area contributed by atoms with Gasteiger partial charge in [0.15, 0.2) is 5.69 Å². The highest BCUT2D eigenvalue weighted by atomic mass is 79.9. The number of aromatic carboxylic acids is 1. The molecule has 0 bridgehead atoms. The van der Waals surface area contributed by atoms with Gasteiger partial charge in [-0.15, -0.1) is 0 Å². The number of nitrogens with zero attached hydrogens (tertiary/aromatic N) is 2. The zero-order valence-electron chi connectivity index (χ0n) is 7.36. The zero-order valence-corrected chi connectivity index (χ0v) is 8.95. The number of carboxylic acid groups (broad SMARTS) is 1. The average molecular weight is 255 g/mol. The smallest absolute Gasteiger partial charge is 0.354 e. The van der Waals surface area contributed by atoms with Crippen molar-refractivity contribution in [2.24, 2.45) is 0 Å². The molecule has 72 valence electrons. The van der Waals surface area contributed by atoms with Crippen LogP contribution in [0.4, 0.5) is 0 Å². The standard InChI is InChI=1S/C9H7BrN2O2/c1-5-6(10)2-3-8-11-4-7(9(13)14)12(5)8/h2-4H,1H3,(H,13,14). The summed E-state index contributed by atoms with van der Waals surface area (Å²) >= 11 is 3.34. The summed E-state index contributed by atoms with van der Waals surface area (Å²) in [7, 11) is 0. The molecule has 0 unspecified atom stereocenters. The maximum absolute atomic E-state index is 10.9. The van der Waals surface area contributed by atoms with E-state index in [1.54, 1.807) is 10.5 Å². The summed E-state index contributed by atoms with van der Waals surface area (Å²) in [5.41, 5.74) is 1.65. The summed E-state index contributed by atoms with van der Waals surface area (Å²) < 4.78 is 2.47. The molecule has 0 atom stereocenters. The predicted octanol–water partition coefficient (Wildman–Crippen LogP) is 2.10. The molecule has 0 radical (unpaired) electrons. The van der Waals surface area contributed by atoms with Gasteiger partial charge in [0.2, 0.25) is 0 Å². The molecule has 0 amide bonds. The van der Waals surface area contributed by atoms with Gasteiger partial charge in [0.1, 0.15) is 5.65 Å². The molecule has 14 heavy (non-hydrogen) atoms. The molecule has 0 aromatic carbocycles. The van der Waals surface area contributed by atoms with Crippen molar-refractivity contribution < 1.29 is 9.90 Å². The van der Waals surface area contributed by atoms with Crippen LogP contribution in [0.2, 0.25) is 0 Å². The first-order valence-electron chi connectivity index (χ1n) is 3.97. The number of carboxylic acids is 1. The van der Waals surface area contributed by atoms with Crippen molar-refractivity contribution in [2.75, 3.05) is 0 Å². The van der Waals surface area contributed by atoms with Crippen LogP contribution in [0.3, 0.4) is 0 Å². The highest BCUT2D eigenvalue weighted by Crippen LogP contribution is 2.19. The predicted molar refractivity (Wildman–Crippen MR) is 54.6 cm³/mol. The second-order valence-electron chi connectivity index (χ2n) is 2.91. The Morgan fingerprint density at radius 2 is 2.29 bits per heavy atom. The molecule has 1 N–H and O–H groups in total. The normalized spacial score (nSPS) is 10.7. The quantitative estimate of drug-likeness (QED) is 0.848. The maximum Gasteiger partial charge on any atom is 0.354 e. The lowest BCUT2D eigenvalue weighted by Gasteiger charge is -2.03. The van der Waals surface area contributed by atoms with Gasteiger partial charge in [0.25, 0.3) is 0 Å². The second kappa shape index (κ2) is 3.09. The van der Waals surface area contributed by atoms with E-state index >= 15 is 0 Å². The van der Waals surface area contributed by atoms with E-state index in [-0.39, 0.29) is 5.69 Å². The van der Waals surface area contributed by atoms with Crippen LogP contribution in [-0.2, 0) is 0 Å². The molecule has 2 aromatic rings. The Morgan fingerprint density at radius 3 is 2.93 bits per heavy atom. The SMILES string of the molecule is Cc1c(Br)ccc2ncc(C(=O)O)n12. The number of aryl methyl sites for hydroxylation is 1. The van der Waals surface area contributed by atoms with Gasteiger partial charge in [-0.05, 0) is 35.0 Å². The largest absolute Gasteiger partial charge is 0.477 e. The fourth-order valence-corrected chi connectivity index (χ4v) is 1.67. The Labute approximate surface area is 88.3 Å². The van der Waals surface area contributed by atoms with Crippen LogP contribution in [0.15, 0.2) is 22.8 Å². The van der Waals surface area contributed by atoms with E-state index in [2.05, 4.69) is 20.9 Å². The lowest BCUT2D eigenvalue weighted by Crippen LogP contribution is -2.04. The summed E-state index contributed by atoms with van der Waals surface area (Å²) in [4.78, 5) is 14.9. The third-order valence-corrected chi connectivity index (χ3v) is 2.91. The molecule has 0 aliphatic heterocycles. The average Bonchev–Trinajstić information content (AvgIpc) is 2.55. The third kappa shape index (κ3) is 1.21. The number of hydrogen-bond donors (Lipinski definition) is 1. The summed E-state index contributed by atoms with van der Waals surface area (Å²) in [6.07, 6.45) is 1.36. The Kier molecular flexibility index (Phi) is 2.03. The highest BCUT2D eigenvalue weighted by molar-refractivity contribution is 9.10. The summed E-state index contributed by atoms with van der Waals surface area (Å²) in [6.45, 7) is 1.84. The van der Waals surface area contributed by atoms with Crippen molar-refractivity contribution in [3.8, 4) is 0 Å². The first kappa shape index (κ1) is 9.21. The number of imidazole rings is 1. The minimum atomic E-state index is -0.973. The van der Waals surface area contributed by atoms with Gasteiger partial charge in [-0.2, -0.15) is 0 Å². The summed E-state index contributed by atoms with van der Waals surface area (Å²) in [5.74, 6) is -0.973. The molecule has 2 heterocycles. The van der Waals surface area contributed by atoms with Crippen LogP contribution in [0.25, 0.3) is 5.65 Å². The Morgan fingerprint density at radius 1 is 1.57 bits per heavy atom. The van der Waals surface area contributed by atoms with E-state index in [1.807, 2.05) is 13.0 Å². The van der Waals surface area contributed by atoms with Gasteiger partial charge in [0, 0.05) is 10.2 Å². The van der Waals surface area contributed by atoms with Crippen molar-refractivity contribution in [3.63, 3.8) is 0 Å². The number of aromatic nitrogens is 2. The minimum Gasteiger partial charge on any atom is -0.477 e. The van der Waals surface area contributed by atoms with E-state index in [4.69, 9.17) is 5.11 Å². The molecule has 0 saturated carbocycles. The molecular weight excluding hydrogens is 248 g/mol. The molecule has 0 spiro atoms. The maximum atomic E-state index is 10.9. The van der Waals surface area contributed by atoms with Gasteiger partial charge in [-0.3, -0.25) is 4.40 Å². The molecule has 0 aliphatic rings. The highest BCUT2D eigenvalue weighted by Gasteiger charge is 2.12. The molecule has 4 nitrogen and oxygen atoms in total. The molecule has 2 aromatic heterocycles. The molecule has 2 rings (SSSR count). The summed E-state index contributed by atoms with van der Waals surface area (Å²) in [6, 6.07) is 3.62.